The molecule has 0 radical (unpaired) electrons. The van der Waals surface area contributed by atoms with Crippen molar-refractivity contribution in [3.8, 4) is 0 Å². The molecule has 0 spiro atoms. The van der Waals surface area contributed by atoms with Crippen molar-refractivity contribution in [3.05, 3.63) is 0 Å². The van der Waals surface area contributed by atoms with Crippen molar-refractivity contribution in [3.63, 3.8) is 0 Å². The van der Waals surface area contributed by atoms with Crippen LogP contribution in [0.25, 0.3) is 0 Å². The second-order valence-electron chi connectivity index (χ2n) is 4.03. The topological polar surface area (TPSA) is 32.8 Å². The minimum absolute atomic E-state index is 0.000603. The number of piperazine rings is 1. The Labute approximate surface area is 88.7 Å². The normalized spacial score (nSPS) is 22.1. The van der Waals surface area contributed by atoms with E-state index in [-0.39, 0.29) is 11.9 Å². The van der Waals surface area contributed by atoms with Gasteiger partial charge in [0.05, 0.1) is 23.4 Å². The van der Waals surface area contributed by atoms with Crippen molar-refractivity contribution in [2.75, 3.05) is 39.8 Å². The highest BCUT2D eigenvalue weighted by atomic mass is 28.2. The first-order chi connectivity index (χ1) is 6.63. The number of carbonyl (C=O) groups is 1. The molecule has 4 nitrogen and oxygen atoms in total. The number of methoxy groups -OCH3 is 1. The van der Waals surface area contributed by atoms with Crippen LogP contribution in [0.15, 0.2) is 0 Å². The number of ether oxygens (including phenoxy) is 1. The van der Waals surface area contributed by atoms with Gasteiger partial charge in [-0.05, 0) is 0 Å². The molecule has 0 amide bonds. The number of nitrogens with zero attached hydrogens (tertiary/aromatic N) is 2. The van der Waals surface area contributed by atoms with Crippen molar-refractivity contribution in [2.24, 2.45) is 5.92 Å². The fourth-order valence-electron chi connectivity index (χ4n) is 1.69. The first-order valence-electron chi connectivity index (χ1n) is 5.12. The van der Waals surface area contributed by atoms with Crippen LogP contribution in [0.2, 0.25) is 0 Å². The molecule has 0 N–H and O–H groups in total. The summed E-state index contributed by atoms with van der Waals surface area (Å²) < 4.78 is 7.15. The Morgan fingerprint density at radius 2 is 2.00 bits per heavy atom. The largest absolute Gasteiger partial charge is 0.469 e. The van der Waals surface area contributed by atoms with E-state index >= 15 is 0 Å². The average Bonchev–Trinajstić information content (AvgIpc) is 2.20. The Hall–Kier alpha value is -0.393. The highest BCUT2D eigenvalue weighted by molar-refractivity contribution is 6.04. The lowest BCUT2D eigenvalue weighted by Gasteiger charge is -2.33. The molecule has 1 atom stereocenters. The molecule has 0 bridgehead atoms. The van der Waals surface area contributed by atoms with E-state index in [2.05, 4.69) is 9.47 Å². The monoisotopic (exact) mass is 216 g/mol. The predicted molar refractivity (Wildman–Crippen MR) is 59.1 cm³/mol. The van der Waals surface area contributed by atoms with Crippen LogP contribution in [0.4, 0.5) is 0 Å². The van der Waals surface area contributed by atoms with Crippen LogP contribution in [0.5, 0.6) is 0 Å². The van der Waals surface area contributed by atoms with Crippen LogP contribution in [0, 0.1) is 5.92 Å². The van der Waals surface area contributed by atoms with E-state index in [4.69, 9.17) is 4.74 Å². The second-order valence-corrected chi connectivity index (χ2v) is 5.29. The van der Waals surface area contributed by atoms with E-state index in [0.29, 0.717) is 0 Å². The van der Waals surface area contributed by atoms with Gasteiger partial charge in [-0.1, -0.05) is 6.92 Å². The Balaban J connectivity index is 2.27. The van der Waals surface area contributed by atoms with E-state index < -0.39 is 0 Å². The standard InChI is InChI=1S/C9H20N2O2Si/c1-8(9(12)13-2)7-10-3-5-11(14)6-4-10/h8H,3-7H2,1-2,14H3. The summed E-state index contributed by atoms with van der Waals surface area (Å²) in [7, 11) is 2.61. The highest BCUT2D eigenvalue weighted by Gasteiger charge is 2.20. The van der Waals surface area contributed by atoms with Crippen LogP contribution in [-0.2, 0) is 9.53 Å². The molecule has 0 aliphatic carbocycles. The fraction of sp³-hybridized carbons (Fsp3) is 0.889. The Morgan fingerprint density at radius 3 is 2.50 bits per heavy atom. The van der Waals surface area contributed by atoms with Crippen LogP contribution >= 0.6 is 0 Å². The zero-order chi connectivity index (χ0) is 10.6. The molecule has 1 aliphatic heterocycles. The van der Waals surface area contributed by atoms with E-state index in [1.165, 1.54) is 7.11 Å². The Kier molecular flexibility index (Phi) is 4.57. The average molecular weight is 216 g/mol. The summed E-state index contributed by atoms with van der Waals surface area (Å²) in [6.07, 6.45) is 0. The lowest BCUT2D eigenvalue weighted by atomic mass is 10.1. The number of esters is 1. The van der Waals surface area contributed by atoms with E-state index in [1.54, 1.807) is 0 Å². The molecule has 5 heteroatoms. The van der Waals surface area contributed by atoms with Crippen LogP contribution in [0.1, 0.15) is 6.92 Å². The van der Waals surface area contributed by atoms with Gasteiger partial charge in [0.25, 0.3) is 0 Å². The van der Waals surface area contributed by atoms with Gasteiger partial charge >= 0.3 is 5.97 Å². The zero-order valence-electron chi connectivity index (χ0n) is 9.32. The van der Waals surface area contributed by atoms with E-state index in [9.17, 15) is 4.79 Å². The van der Waals surface area contributed by atoms with Crippen molar-refractivity contribution in [2.45, 2.75) is 6.92 Å². The van der Waals surface area contributed by atoms with Crippen LogP contribution in [0.3, 0.4) is 0 Å². The third-order valence-corrected chi connectivity index (χ3v) is 3.63. The molecule has 14 heavy (non-hydrogen) atoms. The molecule has 1 saturated heterocycles. The summed E-state index contributed by atoms with van der Waals surface area (Å²) in [5.41, 5.74) is 0. The molecule has 0 aromatic carbocycles. The molecule has 82 valence electrons. The minimum atomic E-state index is -0.0988. The quantitative estimate of drug-likeness (QED) is 0.433. The lowest BCUT2D eigenvalue weighted by Crippen LogP contribution is -2.47. The zero-order valence-corrected chi connectivity index (χ0v) is 11.3. The van der Waals surface area contributed by atoms with Gasteiger partial charge in [-0.2, -0.15) is 0 Å². The van der Waals surface area contributed by atoms with Gasteiger partial charge < -0.3 is 14.2 Å². The predicted octanol–water partition coefficient (Wildman–Crippen LogP) is -1.31. The van der Waals surface area contributed by atoms with Gasteiger partial charge in [0.2, 0.25) is 0 Å². The molecular formula is C9H20N2O2Si. The van der Waals surface area contributed by atoms with Gasteiger partial charge in [-0.3, -0.25) is 4.79 Å². The summed E-state index contributed by atoms with van der Waals surface area (Å²) in [4.78, 5) is 13.5. The summed E-state index contributed by atoms with van der Waals surface area (Å²) in [5, 5.41) is 0. The number of hydrogen-bond donors (Lipinski definition) is 0. The van der Waals surface area contributed by atoms with Gasteiger partial charge in [-0.25, -0.2) is 0 Å². The van der Waals surface area contributed by atoms with Crippen molar-refractivity contribution < 1.29 is 9.53 Å². The molecule has 0 aromatic rings. The van der Waals surface area contributed by atoms with Crippen molar-refractivity contribution in [1.82, 2.24) is 9.47 Å². The molecule has 1 aliphatic rings. The summed E-state index contributed by atoms with van der Waals surface area (Å²) in [6, 6.07) is 0. The van der Waals surface area contributed by atoms with E-state index in [0.717, 1.165) is 43.1 Å². The van der Waals surface area contributed by atoms with Crippen LogP contribution < -0.4 is 0 Å². The van der Waals surface area contributed by atoms with Crippen molar-refractivity contribution in [1.29, 1.82) is 0 Å². The molecule has 1 unspecified atom stereocenters. The highest BCUT2D eigenvalue weighted by Crippen LogP contribution is 2.05. The maximum Gasteiger partial charge on any atom is 0.309 e. The van der Waals surface area contributed by atoms with Crippen LogP contribution in [-0.4, -0.2) is 65.7 Å². The summed E-state index contributed by atoms with van der Waals surface area (Å²) >= 11 is 0. The molecule has 0 saturated carbocycles. The number of hydrogen-bond acceptors (Lipinski definition) is 4. The number of rotatable bonds is 3. The molecule has 1 heterocycles. The van der Waals surface area contributed by atoms with Gasteiger partial charge in [0.1, 0.15) is 0 Å². The molecule has 1 fully saturated rings. The summed E-state index contributed by atoms with van der Waals surface area (Å²) in [5.74, 6) is -0.0982. The SMILES string of the molecule is COC(=O)C(C)CN1CCN([SiH3])CC1. The third kappa shape index (κ3) is 3.40. The minimum Gasteiger partial charge on any atom is -0.469 e. The summed E-state index contributed by atoms with van der Waals surface area (Å²) in [6.45, 7) is 7.25. The molecule has 1 rings (SSSR count). The first kappa shape index (κ1) is 11.7. The maximum absolute atomic E-state index is 11.2. The Bertz CT molecular complexity index is 193. The van der Waals surface area contributed by atoms with Gasteiger partial charge in [0.15, 0.2) is 0 Å². The van der Waals surface area contributed by atoms with Crippen molar-refractivity contribution >= 4 is 16.4 Å². The van der Waals surface area contributed by atoms with Gasteiger partial charge in [-0.15, -0.1) is 0 Å². The number of carbonyl (C=O) groups excluding carboxylic acids is 1. The third-order valence-electron chi connectivity index (χ3n) is 2.73. The smallest absolute Gasteiger partial charge is 0.309 e. The maximum atomic E-state index is 11.2. The second kappa shape index (κ2) is 5.48. The first-order valence-corrected chi connectivity index (χ1v) is 6.01. The molecular weight excluding hydrogens is 196 g/mol. The lowest BCUT2D eigenvalue weighted by molar-refractivity contribution is -0.145. The van der Waals surface area contributed by atoms with Gasteiger partial charge in [0, 0.05) is 32.7 Å². The molecule has 0 aromatic heterocycles. The Morgan fingerprint density at radius 1 is 1.43 bits per heavy atom. The fourth-order valence-corrected chi connectivity index (χ4v) is 2.09. The van der Waals surface area contributed by atoms with E-state index in [1.807, 2.05) is 6.92 Å².